The number of nitrogens with one attached hydrogen (secondary N) is 1. The van der Waals surface area contributed by atoms with Crippen LogP contribution in [0.25, 0.3) is 10.6 Å². The van der Waals surface area contributed by atoms with Gasteiger partial charge in [0.1, 0.15) is 16.7 Å². The number of aromatic nitrogens is 4. The molecule has 7 nitrogen and oxygen atoms in total. The lowest BCUT2D eigenvalue weighted by Gasteiger charge is -2.28. The van der Waals surface area contributed by atoms with Crippen LogP contribution in [0.2, 0.25) is 5.02 Å². The van der Waals surface area contributed by atoms with Gasteiger partial charge in [0.2, 0.25) is 5.95 Å². The van der Waals surface area contributed by atoms with Gasteiger partial charge in [0.05, 0.1) is 21.5 Å². The first-order valence-corrected chi connectivity index (χ1v) is 13.6. The molecule has 0 bridgehead atoms. The van der Waals surface area contributed by atoms with Gasteiger partial charge >= 0.3 is 6.18 Å². The molecule has 4 heterocycles. The first-order valence-electron chi connectivity index (χ1n) is 11.2. The van der Waals surface area contributed by atoms with Crippen molar-refractivity contribution in [2.24, 2.45) is 0 Å². The lowest BCUT2D eigenvalue weighted by atomic mass is 10.1. The fourth-order valence-corrected chi connectivity index (χ4v) is 5.94. The number of piperidine rings is 1. The summed E-state index contributed by atoms with van der Waals surface area (Å²) in [5.41, 5.74) is -1.11. The van der Waals surface area contributed by atoms with E-state index in [1.807, 2.05) is 10.9 Å². The Labute approximate surface area is 214 Å². The molecule has 0 aromatic carbocycles. The van der Waals surface area contributed by atoms with Gasteiger partial charge in [-0.1, -0.05) is 22.9 Å². The predicted molar refractivity (Wildman–Crippen MR) is 132 cm³/mol. The molecule has 1 aliphatic carbocycles. The molecule has 0 atom stereocenters. The second-order valence-electron chi connectivity index (χ2n) is 8.70. The van der Waals surface area contributed by atoms with E-state index in [2.05, 4.69) is 32.3 Å². The number of halogens is 4. The predicted octanol–water partition coefficient (Wildman–Crippen LogP) is 6.35. The number of hydrogen-bond donors (Lipinski definition) is 1. The Kier molecular flexibility index (Phi) is 6.90. The monoisotopic (exact) mass is 544 g/mol. The number of nitrogens with zero attached hydrogens (tertiary/aromatic N) is 5. The van der Waals surface area contributed by atoms with Gasteiger partial charge in [0.15, 0.2) is 10.9 Å². The van der Waals surface area contributed by atoms with E-state index in [9.17, 15) is 13.2 Å². The Morgan fingerprint density at radius 3 is 2.63 bits per heavy atom. The Hall–Kier alpha value is -2.02. The molecule has 1 N–H and O–H groups in total. The average Bonchev–Trinajstić information content (AvgIpc) is 3.43. The lowest BCUT2D eigenvalue weighted by molar-refractivity contribution is -0.137. The van der Waals surface area contributed by atoms with Crippen LogP contribution in [0.15, 0.2) is 23.4 Å². The molecule has 13 heteroatoms. The summed E-state index contributed by atoms with van der Waals surface area (Å²) in [5.74, 6) is 0.303. The van der Waals surface area contributed by atoms with Crippen molar-refractivity contribution in [2.45, 2.75) is 48.9 Å². The molecule has 1 aliphatic heterocycles. The highest BCUT2D eigenvalue weighted by Gasteiger charge is 2.37. The zero-order valence-corrected chi connectivity index (χ0v) is 21.5. The number of rotatable bonds is 7. The molecule has 0 unspecified atom stereocenters. The van der Waals surface area contributed by atoms with E-state index in [0.717, 1.165) is 49.9 Å². The van der Waals surface area contributed by atoms with Crippen molar-refractivity contribution in [1.82, 2.24) is 24.6 Å². The highest BCUT2D eigenvalue weighted by atomic mass is 35.5. The second kappa shape index (κ2) is 9.79. The van der Waals surface area contributed by atoms with Crippen LogP contribution in [0.4, 0.5) is 24.9 Å². The van der Waals surface area contributed by atoms with Crippen molar-refractivity contribution in [1.29, 1.82) is 0 Å². The average molecular weight is 545 g/mol. The molecular weight excluding hydrogens is 521 g/mol. The van der Waals surface area contributed by atoms with E-state index in [-0.39, 0.29) is 23.8 Å². The van der Waals surface area contributed by atoms with Gasteiger partial charge in [-0.05, 0) is 58.1 Å². The molecule has 35 heavy (non-hydrogen) atoms. The number of alkyl halides is 3. The smallest absolute Gasteiger partial charge is 0.420 e. The zero-order valence-electron chi connectivity index (χ0n) is 19.1. The van der Waals surface area contributed by atoms with Gasteiger partial charge in [-0.3, -0.25) is 4.68 Å². The largest absolute Gasteiger partial charge is 0.480 e. The maximum atomic E-state index is 13.8. The van der Waals surface area contributed by atoms with E-state index in [4.69, 9.17) is 16.3 Å². The molecule has 0 amide bonds. The maximum Gasteiger partial charge on any atom is 0.420 e. The van der Waals surface area contributed by atoms with Gasteiger partial charge in [0, 0.05) is 12.4 Å². The standard InChI is InChI=1S/C22H24ClF3N6OS2/c1-31-7-5-12(6-8-31)32-11-15(23)19(30-32)29-21-27-10-14(22(24,25)26)18(28-21)16-9-17(34-2)20(35-16)33-13-3-4-13/h9-13H,3-8H2,1-2H3,(H,27,28,29,30). The number of hydrogen-bond acceptors (Lipinski definition) is 8. The first kappa shape index (κ1) is 24.7. The minimum absolute atomic E-state index is 0.00714. The summed E-state index contributed by atoms with van der Waals surface area (Å²) in [6.45, 7) is 1.92. The van der Waals surface area contributed by atoms with E-state index in [0.29, 0.717) is 20.8 Å². The van der Waals surface area contributed by atoms with Crippen LogP contribution in [0.5, 0.6) is 5.06 Å². The molecular formula is C22H24ClF3N6OS2. The molecule has 0 spiro atoms. The topological polar surface area (TPSA) is 68.1 Å². The number of anilines is 2. The number of likely N-dealkylation sites (tertiary alicyclic amines) is 1. The highest BCUT2D eigenvalue weighted by Crippen LogP contribution is 2.46. The summed E-state index contributed by atoms with van der Waals surface area (Å²) in [6, 6.07) is 1.90. The molecule has 3 aromatic heterocycles. The van der Waals surface area contributed by atoms with Gasteiger partial charge < -0.3 is 15.0 Å². The fourth-order valence-electron chi connectivity index (χ4n) is 3.88. The van der Waals surface area contributed by atoms with Crippen LogP contribution in [0.1, 0.15) is 37.3 Å². The van der Waals surface area contributed by atoms with E-state index >= 15 is 0 Å². The quantitative estimate of drug-likeness (QED) is 0.348. The fraction of sp³-hybridized carbons (Fsp3) is 0.500. The first-order chi connectivity index (χ1) is 16.7. The molecule has 2 aliphatic rings. The maximum absolute atomic E-state index is 13.8. The third kappa shape index (κ3) is 5.55. The minimum atomic E-state index is -4.61. The van der Waals surface area contributed by atoms with Crippen LogP contribution in [-0.2, 0) is 6.18 Å². The Morgan fingerprint density at radius 2 is 1.97 bits per heavy atom. The van der Waals surface area contributed by atoms with Crippen molar-refractivity contribution in [3.05, 3.63) is 29.0 Å². The van der Waals surface area contributed by atoms with Gasteiger partial charge in [-0.25, -0.2) is 9.97 Å². The van der Waals surface area contributed by atoms with Gasteiger partial charge in [-0.2, -0.15) is 18.3 Å². The number of ether oxygens (including phenoxy) is 1. The van der Waals surface area contributed by atoms with E-state index in [1.165, 1.54) is 23.1 Å². The molecule has 188 valence electrons. The third-order valence-corrected chi connectivity index (χ3v) is 8.17. The lowest BCUT2D eigenvalue weighted by Crippen LogP contribution is -2.31. The van der Waals surface area contributed by atoms with Crippen LogP contribution in [0.3, 0.4) is 0 Å². The van der Waals surface area contributed by atoms with Crippen LogP contribution >= 0.6 is 34.7 Å². The minimum Gasteiger partial charge on any atom is -0.480 e. The Morgan fingerprint density at radius 1 is 1.23 bits per heavy atom. The summed E-state index contributed by atoms with van der Waals surface area (Å²) < 4.78 is 49.2. The van der Waals surface area contributed by atoms with E-state index in [1.54, 1.807) is 12.3 Å². The van der Waals surface area contributed by atoms with Gasteiger partial charge in [0.25, 0.3) is 0 Å². The third-order valence-electron chi connectivity index (χ3n) is 5.99. The highest BCUT2D eigenvalue weighted by molar-refractivity contribution is 7.98. The summed E-state index contributed by atoms with van der Waals surface area (Å²) in [6.07, 6.45) is 3.73. The molecule has 0 radical (unpaired) electrons. The van der Waals surface area contributed by atoms with Crippen LogP contribution in [0, 0.1) is 0 Å². The SMILES string of the molecule is CSc1cc(-c2nc(Nc3nn(C4CCN(C)CC4)cc3Cl)ncc2C(F)(F)F)sc1OC1CC1. The zero-order chi connectivity index (χ0) is 24.7. The number of thiophene rings is 1. The van der Waals surface area contributed by atoms with Crippen molar-refractivity contribution in [2.75, 3.05) is 31.7 Å². The van der Waals surface area contributed by atoms with E-state index < -0.39 is 11.7 Å². The Bertz CT molecular complexity index is 1200. The number of thioether (sulfide) groups is 1. The van der Waals surface area contributed by atoms with Crippen molar-refractivity contribution in [3.8, 4) is 15.6 Å². The normalized spacial score (nSPS) is 17.7. The summed E-state index contributed by atoms with van der Waals surface area (Å²) in [7, 11) is 2.08. The second-order valence-corrected chi connectivity index (χ2v) is 11.0. The van der Waals surface area contributed by atoms with Crippen molar-refractivity contribution >= 4 is 46.5 Å². The molecule has 3 aromatic rings. The summed E-state index contributed by atoms with van der Waals surface area (Å²) in [4.78, 5) is 11.6. The van der Waals surface area contributed by atoms with Crippen molar-refractivity contribution in [3.63, 3.8) is 0 Å². The summed E-state index contributed by atoms with van der Waals surface area (Å²) in [5, 5.41) is 8.42. The van der Waals surface area contributed by atoms with Crippen LogP contribution in [-0.4, -0.2) is 57.1 Å². The van der Waals surface area contributed by atoms with Crippen LogP contribution < -0.4 is 10.1 Å². The molecule has 1 saturated carbocycles. The molecule has 5 rings (SSSR count). The molecule has 2 fully saturated rings. The Balaban J connectivity index is 1.45. The van der Waals surface area contributed by atoms with Gasteiger partial charge in [-0.15, -0.1) is 11.8 Å². The summed E-state index contributed by atoms with van der Waals surface area (Å²) >= 11 is 8.99. The van der Waals surface area contributed by atoms with Crippen molar-refractivity contribution < 1.29 is 17.9 Å². The molecule has 1 saturated heterocycles.